The molecule has 4 rings (SSSR count). The summed E-state index contributed by atoms with van der Waals surface area (Å²) < 4.78 is 0. The molecule has 0 spiro atoms. The molecule has 1 aliphatic rings. The molecule has 0 saturated carbocycles. The van der Waals surface area contributed by atoms with Crippen molar-refractivity contribution in [1.29, 1.82) is 0 Å². The fourth-order valence-electron chi connectivity index (χ4n) is 3.42. The van der Waals surface area contributed by atoms with Crippen LogP contribution < -0.4 is 9.80 Å². The Morgan fingerprint density at radius 2 is 1.42 bits per heavy atom. The molecular formula is C24H18Cl2N2O2S. The molecule has 0 unspecified atom stereocenters. The lowest BCUT2D eigenvalue weighted by molar-refractivity contribution is -0.120. The maximum atomic E-state index is 13.6. The lowest BCUT2D eigenvalue weighted by Crippen LogP contribution is -2.35. The highest BCUT2D eigenvalue weighted by molar-refractivity contribution is 8.04. The van der Waals surface area contributed by atoms with Gasteiger partial charge in [-0.2, -0.15) is 0 Å². The van der Waals surface area contributed by atoms with Gasteiger partial charge in [0.1, 0.15) is 10.6 Å². The zero-order chi connectivity index (χ0) is 22.0. The number of benzene rings is 3. The van der Waals surface area contributed by atoms with Crippen LogP contribution in [-0.2, 0) is 9.59 Å². The van der Waals surface area contributed by atoms with Gasteiger partial charge < -0.3 is 4.90 Å². The highest BCUT2D eigenvalue weighted by atomic mass is 35.5. The van der Waals surface area contributed by atoms with E-state index in [1.54, 1.807) is 18.2 Å². The standard InChI is InChI=1S/C24H18Cl2N2O2S/c1-2-27(18-9-5-3-6-10-18)21-22(31-20-11-7-4-8-12-20)24(30)28(23(21)29)19-14-16(25)13-17(26)15-19/h3-15H,2H2,1H3. The summed E-state index contributed by atoms with van der Waals surface area (Å²) in [6.45, 7) is 2.46. The van der Waals surface area contributed by atoms with E-state index in [0.29, 0.717) is 32.9 Å². The van der Waals surface area contributed by atoms with Gasteiger partial charge in [-0.05, 0) is 49.4 Å². The first-order chi connectivity index (χ1) is 15.0. The third-order valence-corrected chi connectivity index (χ3v) is 6.26. The van der Waals surface area contributed by atoms with Crippen LogP contribution in [0.25, 0.3) is 0 Å². The van der Waals surface area contributed by atoms with E-state index in [9.17, 15) is 9.59 Å². The Kier molecular flexibility index (Phi) is 6.37. The SMILES string of the molecule is CCN(C1=C(Sc2ccccc2)C(=O)N(c2cc(Cl)cc(Cl)c2)C1=O)c1ccccc1. The van der Waals surface area contributed by atoms with Crippen LogP contribution in [0, 0.1) is 0 Å². The maximum Gasteiger partial charge on any atom is 0.283 e. The highest BCUT2D eigenvalue weighted by Crippen LogP contribution is 2.40. The average molecular weight is 469 g/mol. The number of imide groups is 1. The molecule has 0 N–H and O–H groups in total. The molecule has 4 nitrogen and oxygen atoms in total. The van der Waals surface area contributed by atoms with Gasteiger partial charge in [-0.1, -0.05) is 71.4 Å². The zero-order valence-electron chi connectivity index (χ0n) is 16.6. The van der Waals surface area contributed by atoms with Crippen molar-refractivity contribution in [3.8, 4) is 0 Å². The topological polar surface area (TPSA) is 40.6 Å². The lowest BCUT2D eigenvalue weighted by Gasteiger charge is -2.24. The van der Waals surface area contributed by atoms with Crippen LogP contribution in [0.3, 0.4) is 0 Å². The fraction of sp³-hybridized carbons (Fsp3) is 0.0833. The van der Waals surface area contributed by atoms with Gasteiger partial charge in [-0.15, -0.1) is 0 Å². The quantitative estimate of drug-likeness (QED) is 0.392. The summed E-state index contributed by atoms with van der Waals surface area (Å²) >= 11 is 13.6. The number of likely N-dealkylation sites (N-methyl/N-ethyl adjacent to an activating group) is 1. The molecule has 3 aromatic carbocycles. The van der Waals surface area contributed by atoms with Gasteiger partial charge in [0.2, 0.25) is 0 Å². The summed E-state index contributed by atoms with van der Waals surface area (Å²) in [7, 11) is 0. The van der Waals surface area contributed by atoms with Gasteiger partial charge in [0.05, 0.1) is 5.69 Å². The van der Waals surface area contributed by atoms with E-state index < -0.39 is 11.8 Å². The van der Waals surface area contributed by atoms with Crippen LogP contribution in [0.4, 0.5) is 11.4 Å². The van der Waals surface area contributed by atoms with Gasteiger partial charge in [0.25, 0.3) is 11.8 Å². The minimum atomic E-state index is -0.410. The number of nitrogens with zero attached hydrogens (tertiary/aromatic N) is 2. The Balaban J connectivity index is 1.84. The van der Waals surface area contributed by atoms with Crippen molar-refractivity contribution in [2.75, 3.05) is 16.3 Å². The van der Waals surface area contributed by atoms with E-state index >= 15 is 0 Å². The van der Waals surface area contributed by atoms with Crippen LogP contribution in [0.5, 0.6) is 0 Å². The number of rotatable bonds is 6. The monoisotopic (exact) mass is 468 g/mol. The molecule has 0 atom stereocenters. The lowest BCUT2D eigenvalue weighted by atomic mass is 10.2. The molecule has 0 fully saturated rings. The first-order valence-electron chi connectivity index (χ1n) is 9.64. The Bertz CT molecular complexity index is 1150. The summed E-state index contributed by atoms with van der Waals surface area (Å²) in [6.07, 6.45) is 0. The Hall–Kier alpha value is -2.73. The number of carbonyl (C=O) groups excluding carboxylic acids is 2. The van der Waals surface area contributed by atoms with E-state index in [1.807, 2.05) is 72.5 Å². The fourth-order valence-corrected chi connectivity index (χ4v) is 4.93. The molecule has 1 aliphatic heterocycles. The van der Waals surface area contributed by atoms with E-state index in [-0.39, 0.29) is 0 Å². The van der Waals surface area contributed by atoms with Crippen molar-refractivity contribution in [2.24, 2.45) is 0 Å². The smallest absolute Gasteiger partial charge is 0.283 e. The number of thioether (sulfide) groups is 1. The Labute approximate surface area is 195 Å². The number of para-hydroxylation sites is 1. The largest absolute Gasteiger partial charge is 0.336 e. The summed E-state index contributed by atoms with van der Waals surface area (Å²) in [4.78, 5) is 31.4. The third kappa shape index (κ3) is 4.35. The van der Waals surface area contributed by atoms with Crippen molar-refractivity contribution in [1.82, 2.24) is 0 Å². The van der Waals surface area contributed by atoms with Crippen molar-refractivity contribution in [2.45, 2.75) is 11.8 Å². The summed E-state index contributed by atoms with van der Waals surface area (Å²) in [5.41, 5.74) is 1.51. The molecule has 0 aromatic heterocycles. The number of halogens is 2. The first kappa shape index (κ1) is 21.5. The van der Waals surface area contributed by atoms with Crippen LogP contribution in [-0.4, -0.2) is 18.4 Å². The number of hydrogen-bond acceptors (Lipinski definition) is 4. The summed E-state index contributed by atoms with van der Waals surface area (Å²) in [5, 5.41) is 0.702. The van der Waals surface area contributed by atoms with Crippen LogP contribution in [0.2, 0.25) is 10.0 Å². The summed E-state index contributed by atoms with van der Waals surface area (Å²) in [5.74, 6) is -0.811. The van der Waals surface area contributed by atoms with Crippen molar-refractivity contribution < 1.29 is 9.59 Å². The van der Waals surface area contributed by atoms with Crippen molar-refractivity contribution in [3.05, 3.63) is 99.5 Å². The van der Waals surface area contributed by atoms with Gasteiger partial charge in [0.15, 0.2) is 0 Å². The third-order valence-electron chi connectivity index (χ3n) is 4.74. The summed E-state index contributed by atoms with van der Waals surface area (Å²) in [6, 6.07) is 23.7. The van der Waals surface area contributed by atoms with E-state index in [2.05, 4.69) is 0 Å². The number of anilines is 2. The van der Waals surface area contributed by atoms with Gasteiger partial charge in [-0.3, -0.25) is 9.59 Å². The Morgan fingerprint density at radius 1 is 0.839 bits per heavy atom. The van der Waals surface area contributed by atoms with Crippen LogP contribution in [0.15, 0.2) is 94.4 Å². The van der Waals surface area contributed by atoms with E-state index in [4.69, 9.17) is 23.2 Å². The van der Waals surface area contributed by atoms with Crippen LogP contribution in [0.1, 0.15) is 6.92 Å². The first-order valence-corrected chi connectivity index (χ1v) is 11.2. The number of hydrogen-bond donors (Lipinski definition) is 0. The minimum absolute atomic E-state index is 0.337. The second-order valence-corrected chi connectivity index (χ2v) is 8.70. The van der Waals surface area contributed by atoms with E-state index in [1.165, 1.54) is 11.8 Å². The maximum absolute atomic E-state index is 13.6. The normalized spacial score (nSPS) is 13.8. The molecule has 7 heteroatoms. The predicted octanol–water partition coefficient (Wildman–Crippen LogP) is 6.40. The van der Waals surface area contributed by atoms with Crippen LogP contribution >= 0.6 is 35.0 Å². The molecule has 2 amide bonds. The zero-order valence-corrected chi connectivity index (χ0v) is 18.9. The number of carbonyl (C=O) groups is 2. The van der Waals surface area contributed by atoms with Crippen molar-refractivity contribution in [3.63, 3.8) is 0 Å². The van der Waals surface area contributed by atoms with Gasteiger partial charge in [-0.25, -0.2) is 4.90 Å². The van der Waals surface area contributed by atoms with Gasteiger partial charge >= 0.3 is 0 Å². The molecule has 31 heavy (non-hydrogen) atoms. The molecule has 0 aliphatic carbocycles. The van der Waals surface area contributed by atoms with E-state index in [0.717, 1.165) is 15.5 Å². The van der Waals surface area contributed by atoms with Gasteiger partial charge in [0, 0.05) is 27.2 Å². The molecule has 0 radical (unpaired) electrons. The minimum Gasteiger partial charge on any atom is -0.336 e. The number of amides is 2. The predicted molar refractivity (Wildman–Crippen MR) is 128 cm³/mol. The molecule has 156 valence electrons. The highest BCUT2D eigenvalue weighted by Gasteiger charge is 2.42. The molecule has 1 heterocycles. The average Bonchev–Trinajstić information content (AvgIpc) is 2.99. The second-order valence-electron chi connectivity index (χ2n) is 6.75. The Morgan fingerprint density at radius 3 is 2.00 bits per heavy atom. The molecular weight excluding hydrogens is 451 g/mol. The molecule has 0 saturated heterocycles. The molecule has 3 aromatic rings. The van der Waals surface area contributed by atoms with Crippen molar-refractivity contribution >= 4 is 58.2 Å². The second kappa shape index (κ2) is 9.18. The molecule has 0 bridgehead atoms.